The lowest BCUT2D eigenvalue weighted by Gasteiger charge is -2.36. The summed E-state index contributed by atoms with van der Waals surface area (Å²) in [5.41, 5.74) is 2.16. The molecule has 0 aromatic carbocycles. The number of pyridine rings is 1. The van der Waals surface area contributed by atoms with Crippen molar-refractivity contribution in [1.82, 2.24) is 15.0 Å². The van der Waals surface area contributed by atoms with Crippen molar-refractivity contribution >= 4 is 27.4 Å². The summed E-state index contributed by atoms with van der Waals surface area (Å²) in [6.07, 6.45) is 8.86. The highest BCUT2D eigenvalue weighted by molar-refractivity contribution is 7.19. The van der Waals surface area contributed by atoms with Crippen molar-refractivity contribution in [1.29, 1.82) is 0 Å². The fourth-order valence-corrected chi connectivity index (χ4v) is 5.45. The number of aromatic nitrogens is 3. The third-order valence-electron chi connectivity index (χ3n) is 5.90. The van der Waals surface area contributed by atoms with Gasteiger partial charge in [-0.05, 0) is 37.0 Å². The molecule has 0 spiro atoms. The topological polar surface area (TPSA) is 69.2 Å². The van der Waals surface area contributed by atoms with Crippen molar-refractivity contribution < 1.29 is 9.47 Å². The molecule has 3 aromatic rings. The molecule has 3 aromatic heterocycles. The van der Waals surface area contributed by atoms with Gasteiger partial charge in [0.05, 0.1) is 11.0 Å². The van der Waals surface area contributed by atoms with Crippen LogP contribution in [-0.2, 0) is 22.3 Å². The molecule has 0 unspecified atom stereocenters. The van der Waals surface area contributed by atoms with Gasteiger partial charge in [0.25, 0.3) is 0 Å². The average molecular weight is 397 g/mol. The molecule has 2 aliphatic rings. The Morgan fingerprint density at radius 2 is 2.14 bits per heavy atom. The van der Waals surface area contributed by atoms with Gasteiger partial charge in [-0.25, -0.2) is 9.97 Å². The average Bonchev–Trinajstić information content (AvgIpc) is 3.34. The Labute approximate surface area is 168 Å². The quantitative estimate of drug-likeness (QED) is 0.706. The van der Waals surface area contributed by atoms with Crippen LogP contribution in [0.25, 0.3) is 21.6 Å². The number of ether oxygens (including phenoxy) is 2. The number of thiophene rings is 1. The van der Waals surface area contributed by atoms with E-state index in [9.17, 15) is 0 Å². The highest BCUT2D eigenvalue weighted by Crippen LogP contribution is 2.40. The minimum absolute atomic E-state index is 0.205. The van der Waals surface area contributed by atoms with Crippen molar-refractivity contribution in [2.45, 2.75) is 37.7 Å². The Balaban J connectivity index is 1.55. The lowest BCUT2D eigenvalue weighted by Crippen LogP contribution is -2.44. The largest absolute Gasteiger partial charge is 0.381 e. The van der Waals surface area contributed by atoms with Gasteiger partial charge in [-0.1, -0.05) is 0 Å². The van der Waals surface area contributed by atoms with Gasteiger partial charge in [-0.15, -0.1) is 11.3 Å². The third-order valence-corrected chi connectivity index (χ3v) is 7.09. The summed E-state index contributed by atoms with van der Waals surface area (Å²) in [4.78, 5) is 16.6. The monoisotopic (exact) mass is 396 g/mol. The Morgan fingerprint density at radius 1 is 1.25 bits per heavy atom. The van der Waals surface area contributed by atoms with Crippen LogP contribution in [0.1, 0.15) is 29.7 Å². The van der Waals surface area contributed by atoms with E-state index in [1.165, 1.54) is 22.2 Å². The Kier molecular flexibility index (Phi) is 4.74. The first-order chi connectivity index (χ1) is 13.8. The summed E-state index contributed by atoms with van der Waals surface area (Å²) in [5, 5.41) is 4.83. The van der Waals surface area contributed by atoms with Crippen LogP contribution in [0.5, 0.6) is 0 Å². The molecule has 28 heavy (non-hydrogen) atoms. The van der Waals surface area contributed by atoms with Crippen molar-refractivity contribution in [3.05, 3.63) is 35.0 Å². The Hall–Kier alpha value is -2.09. The van der Waals surface area contributed by atoms with Crippen LogP contribution in [-0.4, -0.2) is 47.4 Å². The minimum Gasteiger partial charge on any atom is -0.381 e. The van der Waals surface area contributed by atoms with Crippen molar-refractivity contribution in [2.24, 2.45) is 0 Å². The van der Waals surface area contributed by atoms with Crippen LogP contribution in [0.3, 0.4) is 0 Å². The summed E-state index contributed by atoms with van der Waals surface area (Å²) >= 11 is 1.81. The van der Waals surface area contributed by atoms with Crippen LogP contribution in [0.4, 0.5) is 5.82 Å². The van der Waals surface area contributed by atoms with Gasteiger partial charge < -0.3 is 14.8 Å². The maximum Gasteiger partial charge on any atom is 0.164 e. The number of anilines is 1. The highest BCUT2D eigenvalue weighted by atomic mass is 32.1. The molecule has 7 heteroatoms. The van der Waals surface area contributed by atoms with E-state index in [2.05, 4.69) is 10.3 Å². The zero-order valence-electron chi connectivity index (χ0n) is 16.0. The predicted molar refractivity (Wildman–Crippen MR) is 111 cm³/mol. The van der Waals surface area contributed by atoms with E-state index < -0.39 is 0 Å². The molecule has 5 rings (SSSR count). The molecule has 1 fully saturated rings. The van der Waals surface area contributed by atoms with Crippen LogP contribution in [0, 0.1) is 0 Å². The second-order valence-electron chi connectivity index (χ2n) is 7.53. The summed E-state index contributed by atoms with van der Waals surface area (Å²) in [7, 11) is 1.80. The van der Waals surface area contributed by atoms with Gasteiger partial charge in [-0.3, -0.25) is 4.98 Å². The van der Waals surface area contributed by atoms with Gasteiger partial charge >= 0.3 is 0 Å². The number of methoxy groups -OCH3 is 1. The maximum absolute atomic E-state index is 5.91. The number of aryl methyl sites for hydroxylation is 2. The second-order valence-corrected chi connectivity index (χ2v) is 8.61. The molecule has 0 bridgehead atoms. The van der Waals surface area contributed by atoms with Gasteiger partial charge in [0.15, 0.2) is 5.82 Å². The molecule has 0 amide bonds. The number of rotatable bonds is 5. The van der Waals surface area contributed by atoms with Crippen LogP contribution in [0.15, 0.2) is 24.5 Å². The zero-order valence-corrected chi connectivity index (χ0v) is 16.8. The molecule has 146 valence electrons. The SMILES string of the molecule is COC1(CNc2nc(-c3cccnc3)nc3sc4c(c23)CCC4)CCOCC1. The van der Waals surface area contributed by atoms with Crippen molar-refractivity contribution in [3.8, 4) is 11.4 Å². The Morgan fingerprint density at radius 3 is 2.93 bits per heavy atom. The van der Waals surface area contributed by atoms with E-state index in [-0.39, 0.29) is 5.60 Å². The van der Waals surface area contributed by atoms with Crippen LogP contribution < -0.4 is 5.32 Å². The van der Waals surface area contributed by atoms with Crippen molar-refractivity contribution in [2.75, 3.05) is 32.2 Å². The van der Waals surface area contributed by atoms with E-state index in [4.69, 9.17) is 19.4 Å². The zero-order chi connectivity index (χ0) is 19.0. The minimum atomic E-state index is -0.205. The normalized spacial score (nSPS) is 18.3. The lowest BCUT2D eigenvalue weighted by molar-refractivity contribution is -0.0807. The molecule has 1 aliphatic heterocycles. The van der Waals surface area contributed by atoms with E-state index in [1.54, 1.807) is 13.3 Å². The molecule has 0 radical (unpaired) electrons. The van der Waals surface area contributed by atoms with E-state index in [0.717, 1.165) is 67.5 Å². The second kappa shape index (κ2) is 7.39. The van der Waals surface area contributed by atoms with E-state index in [1.807, 2.05) is 29.7 Å². The predicted octanol–water partition coefficient (Wildman–Crippen LogP) is 3.85. The number of nitrogens with one attached hydrogen (secondary N) is 1. The van der Waals surface area contributed by atoms with Crippen LogP contribution in [0.2, 0.25) is 0 Å². The van der Waals surface area contributed by atoms with Gasteiger partial charge in [0.1, 0.15) is 10.6 Å². The number of hydrogen-bond acceptors (Lipinski definition) is 7. The molecule has 1 aliphatic carbocycles. The molecular weight excluding hydrogens is 372 g/mol. The summed E-state index contributed by atoms with van der Waals surface area (Å²) in [5.74, 6) is 1.65. The van der Waals surface area contributed by atoms with Gasteiger partial charge in [-0.2, -0.15) is 0 Å². The van der Waals surface area contributed by atoms with E-state index >= 15 is 0 Å². The summed E-state index contributed by atoms with van der Waals surface area (Å²) in [6.45, 7) is 2.20. The first-order valence-electron chi connectivity index (χ1n) is 9.87. The number of nitrogens with zero attached hydrogens (tertiary/aromatic N) is 3. The third kappa shape index (κ3) is 3.17. The molecular formula is C21H24N4O2S. The standard InChI is InChI=1S/C21H24N4O2S/c1-26-21(7-10-27-11-8-21)13-23-19-17-15-5-2-6-16(15)28-20(17)25-18(24-19)14-4-3-9-22-12-14/h3-4,9,12H,2,5-8,10-11,13H2,1H3,(H,23,24,25). The van der Waals surface area contributed by atoms with E-state index in [0.29, 0.717) is 0 Å². The molecule has 0 atom stereocenters. The molecule has 4 heterocycles. The molecule has 1 N–H and O–H groups in total. The van der Waals surface area contributed by atoms with Crippen LogP contribution >= 0.6 is 11.3 Å². The smallest absolute Gasteiger partial charge is 0.164 e. The number of hydrogen-bond donors (Lipinski definition) is 1. The van der Waals surface area contributed by atoms with Gasteiger partial charge in [0, 0.05) is 62.5 Å². The molecule has 1 saturated heterocycles. The fraction of sp³-hybridized carbons (Fsp3) is 0.476. The fourth-order valence-electron chi connectivity index (χ4n) is 4.19. The first-order valence-corrected chi connectivity index (χ1v) is 10.7. The summed E-state index contributed by atoms with van der Waals surface area (Å²) < 4.78 is 11.4. The van der Waals surface area contributed by atoms with Gasteiger partial charge in [0.2, 0.25) is 0 Å². The molecule has 6 nitrogen and oxygen atoms in total. The Bertz CT molecular complexity index is 983. The highest BCUT2D eigenvalue weighted by Gasteiger charge is 2.33. The lowest BCUT2D eigenvalue weighted by atomic mass is 9.94. The maximum atomic E-state index is 5.91. The first kappa shape index (κ1) is 18.0. The molecule has 0 saturated carbocycles. The number of fused-ring (bicyclic) bond motifs is 3. The summed E-state index contributed by atoms with van der Waals surface area (Å²) in [6, 6.07) is 3.93. The van der Waals surface area contributed by atoms with Crippen molar-refractivity contribution in [3.63, 3.8) is 0 Å².